The van der Waals surface area contributed by atoms with Gasteiger partial charge in [0.15, 0.2) is 0 Å². The second-order valence-electron chi connectivity index (χ2n) is 7.83. The van der Waals surface area contributed by atoms with Crippen molar-refractivity contribution in [2.45, 2.75) is 19.4 Å². The Kier molecular flexibility index (Phi) is 6.63. The Balaban J connectivity index is 1.65. The number of aromatic nitrogens is 6. The van der Waals surface area contributed by atoms with Gasteiger partial charge in [-0.15, -0.1) is 10.2 Å². The highest BCUT2D eigenvalue weighted by molar-refractivity contribution is 6.31. The molecule has 4 aromatic rings. The van der Waals surface area contributed by atoms with Crippen LogP contribution in [0.4, 0.5) is 10.1 Å². The first-order valence-corrected chi connectivity index (χ1v) is 11.4. The number of ether oxygens (including phenoxy) is 1. The average Bonchev–Trinajstić information content (AvgIpc) is 3.43. The maximum absolute atomic E-state index is 14.6. The average molecular weight is 544 g/mol. The van der Waals surface area contributed by atoms with Crippen LogP contribution < -0.4 is 20.9 Å². The maximum atomic E-state index is 14.6. The van der Waals surface area contributed by atoms with Gasteiger partial charge >= 0.3 is 0 Å². The first-order chi connectivity index (χ1) is 19.4. The molecule has 1 atom stereocenters. The lowest BCUT2D eigenvalue weighted by molar-refractivity contribution is -0.119. The van der Waals surface area contributed by atoms with E-state index in [0.717, 1.165) is 16.8 Å². The van der Waals surface area contributed by atoms with E-state index in [1.54, 1.807) is 30.4 Å². The molecule has 0 saturated heterocycles. The molecule has 0 aliphatic heterocycles. The van der Waals surface area contributed by atoms with Crippen molar-refractivity contribution in [2.24, 2.45) is 0 Å². The lowest BCUT2D eigenvalue weighted by atomic mass is 10.1. The minimum Gasteiger partial charge on any atom is -0.480 e. The van der Waals surface area contributed by atoms with Crippen molar-refractivity contribution < 1.29 is 22.8 Å². The first kappa shape index (κ1) is 22.5. The zero-order chi connectivity index (χ0) is 29.9. The van der Waals surface area contributed by atoms with E-state index in [1.807, 2.05) is 0 Å². The standard InChI is InChI=1S/C24H22ClFN8O4/c1-4-19(23(37)29-14-6-7-15(18(26)10-14)22(36)27-2)34-21(35)11-17(24(30-34)38-3)16-9-13(25)5-8-20(16)33-12-28-31-32-33/h5-12,19H,4H2,1-3H3,(H,27,36)(H,29,37)/t19-/m0/s1/i2D3. The van der Waals surface area contributed by atoms with Gasteiger partial charge in [-0.05, 0) is 53.2 Å². The van der Waals surface area contributed by atoms with Crippen LogP contribution in [0.15, 0.2) is 53.6 Å². The Morgan fingerprint density at radius 2 is 2.03 bits per heavy atom. The van der Waals surface area contributed by atoms with Gasteiger partial charge < -0.3 is 15.4 Å². The molecule has 0 saturated carbocycles. The molecule has 0 aliphatic carbocycles. The summed E-state index contributed by atoms with van der Waals surface area (Å²) in [6, 6.07) is 8.07. The Labute approximate surface area is 224 Å². The Bertz CT molecular complexity index is 1660. The Hall–Kier alpha value is -4.65. The summed E-state index contributed by atoms with van der Waals surface area (Å²) in [6.45, 7) is -1.15. The molecule has 196 valence electrons. The number of carbonyl (C=O) groups is 2. The summed E-state index contributed by atoms with van der Waals surface area (Å²) in [5, 5.41) is 20.0. The number of hydrogen-bond acceptors (Lipinski definition) is 8. The van der Waals surface area contributed by atoms with Gasteiger partial charge in [-0.3, -0.25) is 14.4 Å². The first-order valence-electron chi connectivity index (χ1n) is 12.6. The summed E-state index contributed by atoms with van der Waals surface area (Å²) in [5.41, 5.74) is -0.00350. The lowest BCUT2D eigenvalue weighted by Gasteiger charge is -2.19. The predicted octanol–water partition coefficient (Wildman–Crippen LogP) is 2.64. The van der Waals surface area contributed by atoms with Crippen LogP contribution in [0.5, 0.6) is 5.88 Å². The highest BCUT2D eigenvalue weighted by Gasteiger charge is 2.25. The fourth-order valence-electron chi connectivity index (χ4n) is 3.75. The molecule has 0 radical (unpaired) electrons. The highest BCUT2D eigenvalue weighted by Crippen LogP contribution is 2.34. The van der Waals surface area contributed by atoms with Gasteiger partial charge in [0.1, 0.15) is 18.2 Å². The second-order valence-corrected chi connectivity index (χ2v) is 8.26. The molecule has 12 nitrogen and oxygen atoms in total. The fourth-order valence-corrected chi connectivity index (χ4v) is 3.93. The summed E-state index contributed by atoms with van der Waals surface area (Å²) in [7, 11) is 1.34. The van der Waals surface area contributed by atoms with Crippen molar-refractivity contribution >= 4 is 29.1 Å². The number of nitrogens with one attached hydrogen (secondary N) is 2. The van der Waals surface area contributed by atoms with Crippen molar-refractivity contribution in [3.8, 4) is 22.7 Å². The smallest absolute Gasteiger partial charge is 0.268 e. The van der Waals surface area contributed by atoms with Crippen LogP contribution in [0.25, 0.3) is 16.8 Å². The summed E-state index contributed by atoms with van der Waals surface area (Å²) in [4.78, 5) is 38.4. The van der Waals surface area contributed by atoms with Crippen molar-refractivity contribution in [1.82, 2.24) is 35.3 Å². The topological polar surface area (TPSA) is 146 Å². The molecule has 0 aliphatic rings. The van der Waals surface area contributed by atoms with E-state index < -0.39 is 41.8 Å². The van der Waals surface area contributed by atoms with Gasteiger partial charge in [-0.2, -0.15) is 4.68 Å². The van der Waals surface area contributed by atoms with E-state index in [0.29, 0.717) is 16.3 Å². The van der Waals surface area contributed by atoms with Crippen LogP contribution in [-0.4, -0.2) is 55.9 Å². The number of hydrogen-bond donors (Lipinski definition) is 2. The largest absolute Gasteiger partial charge is 0.480 e. The summed E-state index contributed by atoms with van der Waals surface area (Å²) in [5.74, 6) is -2.90. The van der Waals surface area contributed by atoms with Gasteiger partial charge in [0, 0.05) is 33.4 Å². The summed E-state index contributed by atoms with van der Waals surface area (Å²) >= 11 is 6.22. The fraction of sp³-hybridized carbons (Fsp3) is 0.208. The number of methoxy groups -OCH3 is 1. The summed E-state index contributed by atoms with van der Waals surface area (Å²) < 4.78 is 43.6. The number of carbonyl (C=O) groups excluding carboxylic acids is 2. The quantitative estimate of drug-likeness (QED) is 0.345. The number of rotatable bonds is 8. The van der Waals surface area contributed by atoms with E-state index in [-0.39, 0.29) is 23.6 Å². The van der Waals surface area contributed by atoms with Crippen LogP contribution in [0.2, 0.25) is 5.02 Å². The molecule has 38 heavy (non-hydrogen) atoms. The van der Waals surface area contributed by atoms with Crippen LogP contribution in [0, 0.1) is 5.82 Å². The number of halogens is 2. The van der Waals surface area contributed by atoms with Gasteiger partial charge in [0.25, 0.3) is 11.5 Å². The molecular formula is C24H22ClFN8O4. The minimum absolute atomic E-state index is 0.00288. The molecule has 4 rings (SSSR count). The second kappa shape index (κ2) is 11.2. The zero-order valence-electron chi connectivity index (χ0n) is 23.0. The molecule has 2 N–H and O–H groups in total. The van der Waals surface area contributed by atoms with Gasteiger partial charge in [0.05, 0.1) is 23.9 Å². The van der Waals surface area contributed by atoms with E-state index in [4.69, 9.17) is 20.5 Å². The number of tetrazole rings is 1. The predicted molar refractivity (Wildman–Crippen MR) is 136 cm³/mol. The summed E-state index contributed by atoms with van der Waals surface area (Å²) in [6.07, 6.45) is 1.48. The van der Waals surface area contributed by atoms with Gasteiger partial charge in [0.2, 0.25) is 11.8 Å². The number of anilines is 1. The molecule has 2 heterocycles. The molecule has 0 spiro atoms. The normalized spacial score (nSPS) is 13.1. The van der Waals surface area contributed by atoms with Crippen LogP contribution in [0.3, 0.4) is 0 Å². The number of nitrogens with zero attached hydrogens (tertiary/aromatic N) is 6. The van der Waals surface area contributed by atoms with E-state index in [9.17, 15) is 18.8 Å². The minimum atomic E-state index is -2.80. The maximum Gasteiger partial charge on any atom is 0.268 e. The zero-order valence-corrected chi connectivity index (χ0v) is 20.7. The molecule has 2 aromatic heterocycles. The molecule has 0 fully saturated rings. The van der Waals surface area contributed by atoms with E-state index in [2.05, 4.69) is 25.9 Å². The number of benzene rings is 2. The van der Waals surface area contributed by atoms with Gasteiger partial charge in [-0.25, -0.2) is 9.07 Å². The Morgan fingerprint density at radius 1 is 1.21 bits per heavy atom. The van der Waals surface area contributed by atoms with Crippen LogP contribution in [-0.2, 0) is 4.79 Å². The molecule has 2 amide bonds. The van der Waals surface area contributed by atoms with Gasteiger partial charge in [-0.1, -0.05) is 18.5 Å². The lowest BCUT2D eigenvalue weighted by Crippen LogP contribution is -2.35. The van der Waals surface area contributed by atoms with E-state index >= 15 is 0 Å². The van der Waals surface area contributed by atoms with E-state index in [1.165, 1.54) is 30.3 Å². The third-order valence-corrected chi connectivity index (χ3v) is 5.77. The van der Waals surface area contributed by atoms with Crippen molar-refractivity contribution in [3.63, 3.8) is 0 Å². The van der Waals surface area contributed by atoms with Crippen molar-refractivity contribution in [3.05, 3.63) is 75.5 Å². The molecule has 14 heteroatoms. The van der Waals surface area contributed by atoms with Crippen molar-refractivity contribution in [1.29, 1.82) is 0 Å². The molecular weight excluding hydrogens is 519 g/mol. The Morgan fingerprint density at radius 3 is 2.68 bits per heavy atom. The molecule has 0 bridgehead atoms. The highest BCUT2D eigenvalue weighted by atomic mass is 35.5. The third-order valence-electron chi connectivity index (χ3n) is 5.54. The number of amides is 2. The monoisotopic (exact) mass is 543 g/mol. The van der Waals surface area contributed by atoms with Crippen molar-refractivity contribution in [2.75, 3.05) is 19.4 Å². The SMILES string of the molecule is [2H]C([2H])([2H])NC(=O)c1ccc(NC(=O)[C@H](CC)n2nc(OC)c(-c3cc(Cl)ccc3-n3cnnn3)cc2=O)cc1F. The third kappa shape index (κ3) is 5.22. The van der Waals surface area contributed by atoms with Crippen LogP contribution >= 0.6 is 11.6 Å². The molecule has 0 unspecified atom stereocenters. The molecule has 2 aromatic carbocycles. The van der Waals surface area contributed by atoms with Crippen LogP contribution in [0.1, 0.15) is 33.9 Å².